The van der Waals surface area contributed by atoms with Crippen LogP contribution >= 0.6 is 19.4 Å². The largest absolute Gasteiger partial charge is 0.469 e. The fourth-order valence-electron chi connectivity index (χ4n) is 2.64. The van der Waals surface area contributed by atoms with Gasteiger partial charge in [0.15, 0.2) is 0 Å². The molecule has 16 nitrogen and oxygen atoms in total. The van der Waals surface area contributed by atoms with Gasteiger partial charge in [-0.2, -0.15) is 8.42 Å². The van der Waals surface area contributed by atoms with Gasteiger partial charge >= 0.3 is 7.82 Å². The zero-order valence-corrected chi connectivity index (χ0v) is 20.1. The van der Waals surface area contributed by atoms with Gasteiger partial charge in [-0.3, -0.25) is 33.7 Å². The normalized spacial score (nSPS) is 11.8. The second-order valence-corrected chi connectivity index (χ2v) is 9.77. The molecule has 0 fully saturated rings. The first-order valence-corrected chi connectivity index (χ1v) is 13.1. The van der Waals surface area contributed by atoms with E-state index in [1.54, 1.807) is 0 Å². The number of non-ortho nitro benzene ring substituents is 1. The average Bonchev–Trinajstić information content (AvgIpc) is 2.70. The van der Waals surface area contributed by atoms with E-state index in [1.807, 2.05) is 0 Å². The summed E-state index contributed by atoms with van der Waals surface area (Å²) in [6, 6.07) is 1.46. The molecule has 34 heavy (non-hydrogen) atoms. The highest BCUT2D eigenvalue weighted by atomic mass is 35.5. The molecule has 0 radical (unpaired) electrons. The van der Waals surface area contributed by atoms with Gasteiger partial charge < -0.3 is 20.0 Å². The number of nitrogens with zero attached hydrogens (tertiary/aromatic N) is 3. The maximum Gasteiger partial charge on any atom is 0.469 e. The Kier molecular flexibility index (Phi) is 11.2. The van der Waals surface area contributed by atoms with Crippen molar-refractivity contribution in [3.05, 3.63) is 37.9 Å². The van der Waals surface area contributed by atoms with E-state index < -0.39 is 63.8 Å². The van der Waals surface area contributed by atoms with E-state index in [9.17, 15) is 38.0 Å². The summed E-state index contributed by atoms with van der Waals surface area (Å²) in [5.41, 5.74) is -2.36. The highest BCUT2D eigenvalue weighted by molar-refractivity contribution is 7.85. The third kappa shape index (κ3) is 10.3. The van der Waals surface area contributed by atoms with Crippen LogP contribution in [0.4, 0.5) is 17.1 Å². The smallest absolute Gasteiger partial charge is 0.362 e. The Bertz CT molecular complexity index is 1060. The number of hydrogen-bond donors (Lipinski definition) is 3. The van der Waals surface area contributed by atoms with E-state index in [2.05, 4.69) is 14.0 Å². The predicted molar refractivity (Wildman–Crippen MR) is 118 cm³/mol. The molecule has 0 saturated heterocycles. The Balaban J connectivity index is 3.34. The third-order valence-corrected chi connectivity index (χ3v) is 5.20. The van der Waals surface area contributed by atoms with Crippen molar-refractivity contribution in [1.82, 2.24) is 5.32 Å². The van der Waals surface area contributed by atoms with Crippen molar-refractivity contribution in [3.63, 3.8) is 0 Å². The Morgan fingerprint density at radius 1 is 1.21 bits per heavy atom. The van der Waals surface area contributed by atoms with Crippen LogP contribution in [0.25, 0.3) is 0 Å². The van der Waals surface area contributed by atoms with Gasteiger partial charge in [-0.1, -0.05) is 0 Å². The van der Waals surface area contributed by atoms with Crippen molar-refractivity contribution >= 4 is 52.5 Å². The summed E-state index contributed by atoms with van der Waals surface area (Å²) in [6.07, 6.45) is 0.735. The van der Waals surface area contributed by atoms with Crippen molar-refractivity contribution in [2.75, 3.05) is 49.9 Å². The second-order valence-electron chi connectivity index (χ2n) is 6.51. The molecule has 0 aliphatic rings. The Hall–Kier alpha value is -2.40. The monoisotopic (exact) mass is 548 g/mol. The van der Waals surface area contributed by atoms with E-state index in [0.29, 0.717) is 6.07 Å². The lowest BCUT2D eigenvalue weighted by molar-refractivity contribution is -0.393. The van der Waals surface area contributed by atoms with Crippen LogP contribution in [-0.2, 0) is 23.4 Å². The number of carbonyl (C=O) groups is 1. The first-order chi connectivity index (χ1) is 15.7. The summed E-state index contributed by atoms with van der Waals surface area (Å²) in [5, 5.41) is 25.3. The number of anilines is 1. The highest BCUT2D eigenvalue weighted by Crippen LogP contribution is 2.37. The summed E-state index contributed by atoms with van der Waals surface area (Å²) < 4.78 is 42.0. The van der Waals surface area contributed by atoms with Gasteiger partial charge in [0.25, 0.3) is 27.4 Å². The van der Waals surface area contributed by atoms with Crippen LogP contribution in [0.1, 0.15) is 16.8 Å². The second kappa shape index (κ2) is 12.9. The first kappa shape index (κ1) is 29.6. The number of nitrogens with one attached hydrogen (secondary N) is 1. The number of carbonyl (C=O) groups excluding carboxylic acids is 1. The molecule has 0 bridgehead atoms. The molecule has 0 saturated carbocycles. The molecular formula is C15H22ClN4O12PS. The van der Waals surface area contributed by atoms with Gasteiger partial charge in [0, 0.05) is 31.6 Å². The minimum absolute atomic E-state index is 0.0587. The SMILES string of the molecule is CS(=O)(=O)OCCN(CCCl)c1c(C(=O)NCCCOP(=O)(O)O)cc([N+](=O)[O-])cc1[N+](=O)[O-]. The molecule has 1 amide bonds. The van der Waals surface area contributed by atoms with E-state index in [1.165, 1.54) is 4.90 Å². The molecule has 0 unspecified atom stereocenters. The van der Waals surface area contributed by atoms with Crippen LogP contribution in [0.3, 0.4) is 0 Å². The Morgan fingerprint density at radius 3 is 2.35 bits per heavy atom. The van der Waals surface area contributed by atoms with Gasteiger partial charge in [-0.25, -0.2) is 4.57 Å². The maximum absolute atomic E-state index is 12.8. The lowest BCUT2D eigenvalue weighted by Gasteiger charge is -2.25. The Labute approximate surface area is 198 Å². The fraction of sp³-hybridized carbons (Fsp3) is 0.533. The van der Waals surface area contributed by atoms with Gasteiger partial charge in [-0.15, -0.1) is 11.6 Å². The van der Waals surface area contributed by atoms with Gasteiger partial charge in [0.05, 0.1) is 40.9 Å². The summed E-state index contributed by atoms with van der Waals surface area (Å²) in [4.78, 5) is 52.3. The molecule has 3 N–H and O–H groups in total. The number of phosphoric ester groups is 1. The fourth-order valence-corrected chi connectivity index (χ4v) is 3.59. The number of halogens is 1. The quantitative estimate of drug-likeness (QED) is 0.0686. The van der Waals surface area contributed by atoms with Crippen molar-refractivity contribution in [2.24, 2.45) is 0 Å². The lowest BCUT2D eigenvalue weighted by Crippen LogP contribution is -2.34. The molecule has 0 aliphatic heterocycles. The summed E-state index contributed by atoms with van der Waals surface area (Å²) in [5.74, 6) is -1.07. The molecule has 0 atom stereocenters. The van der Waals surface area contributed by atoms with Crippen LogP contribution < -0.4 is 10.2 Å². The molecule has 0 aromatic heterocycles. The van der Waals surface area contributed by atoms with Gasteiger partial charge in [0.2, 0.25) is 0 Å². The van der Waals surface area contributed by atoms with Gasteiger partial charge in [0.1, 0.15) is 5.69 Å². The minimum Gasteiger partial charge on any atom is -0.362 e. The summed E-state index contributed by atoms with van der Waals surface area (Å²) in [6.45, 7) is -1.45. The third-order valence-electron chi connectivity index (χ3n) is 3.92. The lowest BCUT2D eigenvalue weighted by atomic mass is 10.1. The van der Waals surface area contributed by atoms with Crippen LogP contribution in [0.2, 0.25) is 0 Å². The van der Waals surface area contributed by atoms with Gasteiger partial charge in [-0.05, 0) is 6.42 Å². The zero-order chi connectivity index (χ0) is 26.1. The number of nitro groups is 2. The zero-order valence-electron chi connectivity index (χ0n) is 17.7. The van der Waals surface area contributed by atoms with E-state index in [0.717, 1.165) is 12.3 Å². The van der Waals surface area contributed by atoms with Crippen LogP contribution in [0, 0.1) is 20.2 Å². The van der Waals surface area contributed by atoms with Crippen LogP contribution in [-0.4, -0.2) is 78.9 Å². The van der Waals surface area contributed by atoms with E-state index >= 15 is 0 Å². The molecule has 19 heteroatoms. The maximum atomic E-state index is 12.8. The number of alkyl halides is 1. The standard InChI is InChI=1S/C15H22ClN4O12PS/c1-34(29,30)32-8-6-18(5-3-16)14-12(9-11(19(22)23)10-13(14)20(24)25)15(21)17-4-2-7-31-33(26,27)28/h9-10H,2-8H2,1H3,(H,17,21)(H2,26,27,28). The molecule has 0 spiro atoms. The molecule has 1 aromatic carbocycles. The first-order valence-electron chi connectivity index (χ1n) is 9.26. The van der Waals surface area contributed by atoms with Crippen LogP contribution in [0.5, 0.6) is 0 Å². The van der Waals surface area contributed by atoms with E-state index in [4.69, 9.17) is 21.4 Å². The molecule has 1 aromatic rings. The summed E-state index contributed by atoms with van der Waals surface area (Å²) in [7, 11) is -8.56. The topological polar surface area (TPSA) is 229 Å². The predicted octanol–water partition coefficient (Wildman–Crippen LogP) is 0.754. The van der Waals surface area contributed by atoms with E-state index in [-0.39, 0.29) is 37.6 Å². The number of phosphoric acid groups is 1. The molecule has 0 heterocycles. The van der Waals surface area contributed by atoms with Crippen molar-refractivity contribution in [1.29, 1.82) is 0 Å². The number of hydrogen-bond acceptors (Lipinski definition) is 11. The van der Waals surface area contributed by atoms with Crippen LogP contribution in [0.15, 0.2) is 12.1 Å². The van der Waals surface area contributed by atoms with Crippen molar-refractivity contribution < 1.29 is 46.1 Å². The number of amides is 1. The van der Waals surface area contributed by atoms with Crippen molar-refractivity contribution in [3.8, 4) is 0 Å². The van der Waals surface area contributed by atoms with Crippen molar-refractivity contribution in [2.45, 2.75) is 6.42 Å². The average molecular weight is 549 g/mol. The molecular weight excluding hydrogens is 527 g/mol. The number of rotatable bonds is 15. The number of benzene rings is 1. The summed E-state index contributed by atoms with van der Waals surface area (Å²) >= 11 is 5.76. The molecule has 0 aliphatic carbocycles. The molecule has 192 valence electrons. The number of nitro benzene ring substituents is 2. The Morgan fingerprint density at radius 2 is 1.85 bits per heavy atom. The molecule has 1 rings (SSSR count). The highest BCUT2D eigenvalue weighted by Gasteiger charge is 2.31. The minimum atomic E-state index is -4.71.